The minimum absolute atomic E-state index is 0.0151. The summed E-state index contributed by atoms with van der Waals surface area (Å²) in [5.74, 6) is 0.288. The van der Waals surface area contributed by atoms with Gasteiger partial charge < -0.3 is 9.73 Å². The van der Waals surface area contributed by atoms with E-state index in [1.54, 1.807) is 38.1 Å². The smallest absolute Gasteiger partial charge is 0.263 e. The first kappa shape index (κ1) is 13.5. The van der Waals surface area contributed by atoms with Crippen molar-refractivity contribution in [3.8, 4) is 0 Å². The van der Waals surface area contributed by atoms with Crippen LogP contribution in [0.4, 0.5) is 5.69 Å². The zero-order valence-electron chi connectivity index (χ0n) is 10.5. The molecular weight excluding hydrogens is 310 g/mol. The van der Waals surface area contributed by atoms with E-state index in [1.807, 2.05) is 6.07 Å². The number of nitrogens with one attached hydrogen (secondary N) is 1. The van der Waals surface area contributed by atoms with Gasteiger partial charge in [0.1, 0.15) is 21.6 Å². The zero-order valence-corrected chi connectivity index (χ0v) is 12.1. The van der Waals surface area contributed by atoms with E-state index in [1.165, 1.54) is 0 Å². The summed E-state index contributed by atoms with van der Waals surface area (Å²) in [6, 6.07) is 8.94. The second-order valence-electron chi connectivity index (χ2n) is 4.05. The van der Waals surface area contributed by atoms with Crippen LogP contribution in [-0.2, 0) is 0 Å². The van der Waals surface area contributed by atoms with Gasteiger partial charge in [-0.2, -0.15) is 0 Å². The van der Waals surface area contributed by atoms with Crippen molar-refractivity contribution in [1.29, 1.82) is 0 Å². The summed E-state index contributed by atoms with van der Waals surface area (Å²) in [7, 11) is 0. The molecular formula is C14H12BrNO3. The Balaban J connectivity index is 2.40. The van der Waals surface area contributed by atoms with E-state index in [9.17, 15) is 9.59 Å². The number of aryl methyl sites for hydroxylation is 2. The van der Waals surface area contributed by atoms with E-state index in [2.05, 4.69) is 21.2 Å². The number of carbonyl (C=O) groups excluding carboxylic acids is 1. The van der Waals surface area contributed by atoms with Crippen LogP contribution >= 0.6 is 15.9 Å². The van der Waals surface area contributed by atoms with E-state index in [0.717, 1.165) is 0 Å². The molecule has 0 spiro atoms. The molecule has 0 saturated heterocycles. The fourth-order valence-electron chi connectivity index (χ4n) is 1.73. The Morgan fingerprint density at radius 1 is 1.16 bits per heavy atom. The lowest BCUT2D eigenvalue weighted by Crippen LogP contribution is -2.24. The van der Waals surface area contributed by atoms with Crippen molar-refractivity contribution in [1.82, 2.24) is 0 Å². The number of hydrogen-bond acceptors (Lipinski definition) is 3. The lowest BCUT2D eigenvalue weighted by molar-refractivity contribution is 0.102. The van der Waals surface area contributed by atoms with Gasteiger partial charge >= 0.3 is 0 Å². The standard InChI is InChI=1S/C14H12BrNO3/c1-8-11(13(17)12(15)9(2)19-8)14(18)16-10-6-4-3-5-7-10/h3-7H,1-2H3,(H,16,18). The van der Waals surface area contributed by atoms with Gasteiger partial charge in [0.2, 0.25) is 5.43 Å². The van der Waals surface area contributed by atoms with Gasteiger partial charge in [0.15, 0.2) is 0 Å². The molecule has 5 heteroatoms. The molecule has 98 valence electrons. The lowest BCUT2D eigenvalue weighted by Gasteiger charge is -2.08. The monoisotopic (exact) mass is 321 g/mol. The van der Waals surface area contributed by atoms with Gasteiger partial charge in [-0.05, 0) is 41.9 Å². The van der Waals surface area contributed by atoms with E-state index in [4.69, 9.17) is 4.42 Å². The number of rotatable bonds is 2. The van der Waals surface area contributed by atoms with Gasteiger partial charge in [0.05, 0.1) is 0 Å². The summed E-state index contributed by atoms with van der Waals surface area (Å²) >= 11 is 3.13. The summed E-state index contributed by atoms with van der Waals surface area (Å²) in [4.78, 5) is 24.2. The molecule has 0 aliphatic carbocycles. The second kappa shape index (κ2) is 5.40. The first-order valence-corrected chi connectivity index (χ1v) is 6.46. The molecule has 4 nitrogen and oxygen atoms in total. The molecule has 2 aromatic rings. The van der Waals surface area contributed by atoms with E-state index in [-0.39, 0.29) is 15.5 Å². The summed E-state index contributed by atoms with van der Waals surface area (Å²) in [5.41, 5.74) is 0.277. The fraction of sp³-hybridized carbons (Fsp3) is 0.143. The van der Waals surface area contributed by atoms with Crippen LogP contribution < -0.4 is 10.7 Å². The van der Waals surface area contributed by atoms with Crippen LogP contribution in [0.15, 0.2) is 44.0 Å². The molecule has 0 fully saturated rings. The molecule has 0 aliphatic rings. The summed E-state index contributed by atoms with van der Waals surface area (Å²) < 4.78 is 5.65. The number of benzene rings is 1. The van der Waals surface area contributed by atoms with Gasteiger partial charge in [0.25, 0.3) is 5.91 Å². The minimum Gasteiger partial charge on any atom is -0.464 e. The first-order valence-electron chi connectivity index (χ1n) is 5.67. The summed E-state index contributed by atoms with van der Waals surface area (Å²) in [5, 5.41) is 2.67. The Hall–Kier alpha value is -1.88. The van der Waals surface area contributed by atoms with Crippen molar-refractivity contribution in [2.75, 3.05) is 5.32 Å². The molecule has 1 aromatic heterocycles. The van der Waals surface area contributed by atoms with Crippen LogP contribution in [0.1, 0.15) is 21.9 Å². The highest BCUT2D eigenvalue weighted by molar-refractivity contribution is 9.10. The number of para-hydroxylation sites is 1. The normalized spacial score (nSPS) is 10.3. The van der Waals surface area contributed by atoms with Crippen molar-refractivity contribution >= 4 is 27.5 Å². The Kier molecular flexibility index (Phi) is 3.85. The average molecular weight is 322 g/mol. The molecule has 1 heterocycles. The molecule has 0 bridgehead atoms. The van der Waals surface area contributed by atoms with E-state index >= 15 is 0 Å². The predicted octanol–water partition coefficient (Wildman–Crippen LogP) is 3.27. The van der Waals surface area contributed by atoms with Crippen molar-refractivity contribution in [3.63, 3.8) is 0 Å². The topological polar surface area (TPSA) is 59.3 Å². The highest BCUT2D eigenvalue weighted by Gasteiger charge is 2.19. The van der Waals surface area contributed by atoms with Gasteiger partial charge in [-0.1, -0.05) is 18.2 Å². The van der Waals surface area contributed by atoms with Crippen molar-refractivity contribution in [3.05, 3.63) is 62.1 Å². The molecule has 0 atom stereocenters. The highest BCUT2D eigenvalue weighted by atomic mass is 79.9. The third-order valence-electron chi connectivity index (χ3n) is 2.65. The maximum Gasteiger partial charge on any atom is 0.263 e. The third-order valence-corrected chi connectivity index (χ3v) is 3.57. The van der Waals surface area contributed by atoms with Gasteiger partial charge in [-0.25, -0.2) is 0 Å². The zero-order chi connectivity index (χ0) is 14.0. The minimum atomic E-state index is -0.474. The molecule has 0 unspecified atom stereocenters. The molecule has 0 aliphatic heterocycles. The maximum atomic E-state index is 12.1. The average Bonchev–Trinajstić information content (AvgIpc) is 2.37. The molecule has 0 saturated carbocycles. The number of carbonyl (C=O) groups is 1. The Morgan fingerprint density at radius 2 is 1.79 bits per heavy atom. The van der Waals surface area contributed by atoms with Crippen LogP contribution in [0.5, 0.6) is 0 Å². The summed E-state index contributed by atoms with van der Waals surface area (Å²) in [6.07, 6.45) is 0. The number of halogens is 1. The van der Waals surface area contributed by atoms with Crippen LogP contribution in [0, 0.1) is 13.8 Å². The van der Waals surface area contributed by atoms with Crippen molar-refractivity contribution in [2.45, 2.75) is 13.8 Å². The molecule has 19 heavy (non-hydrogen) atoms. The highest BCUT2D eigenvalue weighted by Crippen LogP contribution is 2.16. The molecule has 1 N–H and O–H groups in total. The Bertz CT molecular complexity index is 677. The van der Waals surface area contributed by atoms with Gasteiger partial charge in [0, 0.05) is 5.69 Å². The van der Waals surface area contributed by atoms with Crippen LogP contribution in [-0.4, -0.2) is 5.91 Å². The SMILES string of the molecule is Cc1oc(C)c(C(=O)Nc2ccccc2)c(=O)c1Br. The van der Waals surface area contributed by atoms with Crippen LogP contribution in [0.25, 0.3) is 0 Å². The predicted molar refractivity (Wildman–Crippen MR) is 76.5 cm³/mol. The van der Waals surface area contributed by atoms with Gasteiger partial charge in [-0.3, -0.25) is 9.59 Å². The molecule has 0 radical (unpaired) electrons. The lowest BCUT2D eigenvalue weighted by atomic mass is 10.2. The summed E-state index contributed by atoms with van der Waals surface area (Å²) in [6.45, 7) is 3.26. The third kappa shape index (κ3) is 2.76. The number of anilines is 1. The fourth-order valence-corrected chi connectivity index (χ4v) is 2.01. The largest absolute Gasteiger partial charge is 0.464 e. The second-order valence-corrected chi connectivity index (χ2v) is 4.85. The van der Waals surface area contributed by atoms with Crippen molar-refractivity contribution in [2.24, 2.45) is 0 Å². The maximum absolute atomic E-state index is 12.1. The Morgan fingerprint density at radius 3 is 2.42 bits per heavy atom. The Labute approximate surface area is 118 Å². The molecule has 1 amide bonds. The number of hydrogen-bond donors (Lipinski definition) is 1. The number of amides is 1. The van der Waals surface area contributed by atoms with E-state index in [0.29, 0.717) is 17.2 Å². The quantitative estimate of drug-likeness (QED) is 0.923. The molecule has 1 aromatic carbocycles. The van der Waals surface area contributed by atoms with Gasteiger partial charge in [-0.15, -0.1) is 0 Å². The van der Waals surface area contributed by atoms with E-state index < -0.39 is 5.91 Å². The molecule has 2 rings (SSSR count). The van der Waals surface area contributed by atoms with Crippen LogP contribution in [0.3, 0.4) is 0 Å². The van der Waals surface area contributed by atoms with Crippen molar-refractivity contribution < 1.29 is 9.21 Å². The first-order chi connectivity index (χ1) is 9.00. The van der Waals surface area contributed by atoms with Crippen LogP contribution in [0.2, 0.25) is 0 Å².